The summed E-state index contributed by atoms with van der Waals surface area (Å²) in [5, 5.41) is 11.3. The van der Waals surface area contributed by atoms with Gasteiger partial charge in [-0.3, -0.25) is 10.1 Å². The van der Waals surface area contributed by atoms with Crippen molar-refractivity contribution in [3.8, 4) is 5.75 Å². The lowest BCUT2D eigenvalue weighted by molar-refractivity contribution is -0.118. The fraction of sp³-hybridized carbons (Fsp3) is 0.471. The molecule has 0 saturated heterocycles. The van der Waals surface area contributed by atoms with E-state index in [-0.39, 0.29) is 12.5 Å². The Bertz CT molecular complexity index is 659. The molecule has 0 bridgehead atoms. The summed E-state index contributed by atoms with van der Waals surface area (Å²) >= 11 is 3.07. The molecule has 0 aliphatic carbocycles. The van der Waals surface area contributed by atoms with Crippen LogP contribution in [0.15, 0.2) is 28.6 Å². The van der Waals surface area contributed by atoms with Gasteiger partial charge in [-0.25, -0.2) is 0 Å². The number of unbranched alkanes of at least 4 members (excludes halogenated alkanes) is 1. The number of nitrogens with one attached hydrogen (secondary N) is 1. The van der Waals surface area contributed by atoms with Crippen molar-refractivity contribution in [3.05, 3.63) is 29.8 Å². The number of benzene rings is 1. The van der Waals surface area contributed by atoms with Crippen LogP contribution < -0.4 is 10.1 Å². The smallest absolute Gasteiger partial charge is 0.264 e. The van der Waals surface area contributed by atoms with Crippen LogP contribution in [-0.2, 0) is 4.79 Å². The number of nitrogens with zero attached hydrogens (tertiary/aromatic N) is 2. The Hall–Kier alpha value is -1.60. The maximum absolute atomic E-state index is 12.0. The minimum absolute atomic E-state index is 0.0401. The van der Waals surface area contributed by atoms with Gasteiger partial charge in [-0.1, -0.05) is 68.5 Å². The van der Waals surface area contributed by atoms with E-state index in [1.807, 2.05) is 24.3 Å². The highest BCUT2D eigenvalue weighted by Gasteiger charge is 2.11. The number of hydrogen-bond acceptors (Lipinski definition) is 6. The van der Waals surface area contributed by atoms with Crippen LogP contribution in [-0.4, -0.2) is 28.5 Å². The number of carbonyl (C=O) groups is 1. The van der Waals surface area contributed by atoms with Crippen LogP contribution in [0.1, 0.15) is 45.1 Å². The van der Waals surface area contributed by atoms with Crippen molar-refractivity contribution in [3.63, 3.8) is 0 Å². The highest BCUT2D eigenvalue weighted by Crippen LogP contribution is 2.27. The van der Waals surface area contributed by atoms with Crippen LogP contribution in [0.5, 0.6) is 5.75 Å². The average molecular weight is 366 g/mol. The van der Waals surface area contributed by atoms with E-state index in [2.05, 4.69) is 36.3 Å². The molecular weight excluding hydrogens is 342 g/mol. The molecule has 1 N–H and O–H groups in total. The summed E-state index contributed by atoms with van der Waals surface area (Å²) in [6.45, 7) is 6.31. The van der Waals surface area contributed by atoms with E-state index in [0.717, 1.165) is 34.2 Å². The first-order valence-electron chi connectivity index (χ1n) is 8.08. The molecule has 0 saturated carbocycles. The molecule has 7 heteroatoms. The Kier molecular flexibility index (Phi) is 7.52. The van der Waals surface area contributed by atoms with Gasteiger partial charge in [-0.05, 0) is 24.0 Å². The highest BCUT2D eigenvalue weighted by atomic mass is 32.2. The third-order valence-corrected chi connectivity index (χ3v) is 5.33. The normalized spacial score (nSPS) is 10.8. The van der Waals surface area contributed by atoms with Crippen molar-refractivity contribution in [2.75, 3.05) is 17.7 Å². The molecule has 1 heterocycles. The van der Waals surface area contributed by atoms with Crippen LogP contribution in [0.2, 0.25) is 0 Å². The maximum Gasteiger partial charge on any atom is 0.264 e. The molecule has 1 aromatic heterocycles. The SMILES string of the molecule is CCCCSc1nnc(NC(=O)COc2ccccc2C(C)C)s1. The standard InChI is InChI=1S/C17H23N3O2S2/c1-4-5-10-23-17-20-19-16(24-17)18-15(21)11-22-14-9-7-6-8-13(14)12(2)3/h6-9,12H,4-5,10-11H2,1-3H3,(H,18,19,21). The molecular formula is C17H23N3O2S2. The Morgan fingerprint density at radius 2 is 2.12 bits per heavy atom. The second-order valence-corrected chi connectivity index (χ2v) is 7.92. The first-order valence-corrected chi connectivity index (χ1v) is 9.88. The monoisotopic (exact) mass is 365 g/mol. The van der Waals surface area contributed by atoms with Crippen molar-refractivity contribution in [1.82, 2.24) is 10.2 Å². The van der Waals surface area contributed by atoms with E-state index < -0.39 is 0 Å². The lowest BCUT2D eigenvalue weighted by atomic mass is 10.0. The maximum atomic E-state index is 12.0. The topological polar surface area (TPSA) is 64.1 Å². The minimum Gasteiger partial charge on any atom is -0.483 e. The van der Waals surface area contributed by atoms with E-state index in [1.165, 1.54) is 11.3 Å². The molecule has 0 unspecified atom stereocenters. The molecule has 0 spiro atoms. The lowest BCUT2D eigenvalue weighted by Gasteiger charge is -2.13. The van der Waals surface area contributed by atoms with Gasteiger partial charge < -0.3 is 4.74 Å². The third-order valence-electron chi connectivity index (χ3n) is 3.28. The fourth-order valence-corrected chi connectivity index (χ4v) is 3.93. The molecule has 5 nitrogen and oxygen atoms in total. The summed E-state index contributed by atoms with van der Waals surface area (Å²) in [6, 6.07) is 7.78. The fourth-order valence-electron chi connectivity index (χ4n) is 2.01. The van der Waals surface area contributed by atoms with Gasteiger partial charge >= 0.3 is 0 Å². The van der Waals surface area contributed by atoms with E-state index in [1.54, 1.807) is 11.8 Å². The highest BCUT2D eigenvalue weighted by molar-refractivity contribution is 8.01. The Morgan fingerprint density at radius 3 is 2.88 bits per heavy atom. The molecule has 24 heavy (non-hydrogen) atoms. The number of amides is 1. The minimum atomic E-state index is -0.227. The second-order valence-electron chi connectivity index (χ2n) is 5.60. The summed E-state index contributed by atoms with van der Waals surface area (Å²) in [7, 11) is 0. The Labute approximate surface area is 151 Å². The number of anilines is 1. The number of hydrogen-bond donors (Lipinski definition) is 1. The first kappa shape index (κ1) is 18.7. The van der Waals surface area contributed by atoms with Gasteiger partial charge in [-0.15, -0.1) is 10.2 Å². The number of para-hydroxylation sites is 1. The zero-order valence-corrected chi connectivity index (χ0v) is 15.9. The third kappa shape index (κ3) is 5.79. The summed E-state index contributed by atoms with van der Waals surface area (Å²) < 4.78 is 6.54. The number of ether oxygens (including phenoxy) is 1. The van der Waals surface area contributed by atoms with E-state index in [9.17, 15) is 4.79 Å². The van der Waals surface area contributed by atoms with Gasteiger partial charge in [0, 0.05) is 5.75 Å². The summed E-state index contributed by atoms with van der Waals surface area (Å²) in [5.41, 5.74) is 1.09. The molecule has 1 amide bonds. The van der Waals surface area contributed by atoms with Gasteiger partial charge in [0.1, 0.15) is 5.75 Å². The zero-order valence-electron chi connectivity index (χ0n) is 14.2. The number of thioether (sulfide) groups is 1. The number of aromatic nitrogens is 2. The zero-order chi connectivity index (χ0) is 17.4. The summed E-state index contributed by atoms with van der Waals surface area (Å²) in [4.78, 5) is 12.0. The van der Waals surface area contributed by atoms with Crippen LogP contribution >= 0.6 is 23.1 Å². The number of rotatable bonds is 9. The molecule has 130 valence electrons. The lowest BCUT2D eigenvalue weighted by Crippen LogP contribution is -2.20. The van der Waals surface area contributed by atoms with E-state index >= 15 is 0 Å². The Morgan fingerprint density at radius 1 is 1.33 bits per heavy atom. The largest absolute Gasteiger partial charge is 0.483 e. The van der Waals surface area contributed by atoms with Crippen LogP contribution in [0.3, 0.4) is 0 Å². The summed E-state index contributed by atoms with van der Waals surface area (Å²) in [5.74, 6) is 1.88. The number of carbonyl (C=O) groups excluding carboxylic acids is 1. The van der Waals surface area contributed by atoms with Crippen LogP contribution in [0, 0.1) is 0 Å². The first-order chi connectivity index (χ1) is 11.6. The Balaban J connectivity index is 1.83. The van der Waals surface area contributed by atoms with Crippen molar-refractivity contribution < 1.29 is 9.53 Å². The van der Waals surface area contributed by atoms with Gasteiger partial charge in [0.2, 0.25) is 5.13 Å². The van der Waals surface area contributed by atoms with Crippen molar-refractivity contribution in [1.29, 1.82) is 0 Å². The van der Waals surface area contributed by atoms with Crippen molar-refractivity contribution in [2.24, 2.45) is 0 Å². The average Bonchev–Trinajstić information content (AvgIpc) is 3.00. The van der Waals surface area contributed by atoms with Gasteiger partial charge in [-0.2, -0.15) is 0 Å². The van der Waals surface area contributed by atoms with Gasteiger partial charge in [0.25, 0.3) is 5.91 Å². The van der Waals surface area contributed by atoms with E-state index in [4.69, 9.17) is 4.74 Å². The molecule has 0 aliphatic heterocycles. The van der Waals surface area contributed by atoms with Gasteiger partial charge in [0.15, 0.2) is 10.9 Å². The van der Waals surface area contributed by atoms with Crippen LogP contribution in [0.4, 0.5) is 5.13 Å². The van der Waals surface area contributed by atoms with Crippen molar-refractivity contribution >= 4 is 34.1 Å². The second kappa shape index (κ2) is 9.64. The molecule has 0 aliphatic rings. The molecule has 0 radical (unpaired) electrons. The van der Waals surface area contributed by atoms with E-state index in [0.29, 0.717) is 11.0 Å². The van der Waals surface area contributed by atoms with Gasteiger partial charge in [0.05, 0.1) is 0 Å². The van der Waals surface area contributed by atoms with Crippen LogP contribution in [0.25, 0.3) is 0 Å². The van der Waals surface area contributed by atoms with Crippen molar-refractivity contribution in [2.45, 2.75) is 43.9 Å². The predicted molar refractivity (Wildman–Crippen MR) is 100 cm³/mol. The molecule has 2 rings (SSSR count). The molecule has 0 atom stereocenters. The molecule has 2 aromatic rings. The molecule has 1 aromatic carbocycles. The molecule has 0 fully saturated rings. The quantitative estimate of drug-likeness (QED) is 0.400. The predicted octanol–water partition coefficient (Wildman–Crippen LogP) is 4.57. The summed E-state index contributed by atoms with van der Waals surface area (Å²) in [6.07, 6.45) is 2.31.